The van der Waals surface area contributed by atoms with Crippen molar-refractivity contribution in [2.75, 3.05) is 27.2 Å². The molecule has 0 saturated heterocycles. The number of carbonyl (C=O) groups is 1. The van der Waals surface area contributed by atoms with Crippen LogP contribution in [0.3, 0.4) is 0 Å². The van der Waals surface area contributed by atoms with Crippen molar-refractivity contribution >= 4 is 26.0 Å². The highest BCUT2D eigenvalue weighted by atomic mass is 32.2. The number of carboxylic acids is 1. The summed E-state index contributed by atoms with van der Waals surface area (Å²) in [6.07, 6.45) is 1.23. The second-order valence-electron chi connectivity index (χ2n) is 4.71. The lowest BCUT2D eigenvalue weighted by molar-refractivity contribution is -0.137. The van der Waals surface area contributed by atoms with Crippen LogP contribution in [0.25, 0.3) is 0 Å². The normalized spacial score (nSPS) is 12.5. The molecule has 0 heterocycles. The van der Waals surface area contributed by atoms with Crippen molar-refractivity contribution in [2.24, 2.45) is 0 Å². The Kier molecular flexibility index (Phi) is 6.05. The first-order chi connectivity index (χ1) is 10.5. The summed E-state index contributed by atoms with van der Waals surface area (Å²) in [5, 5.41) is 8.87. The fourth-order valence-corrected chi connectivity index (χ4v) is 4.79. The van der Waals surface area contributed by atoms with E-state index < -0.39 is 42.4 Å². The van der Waals surface area contributed by atoms with E-state index in [4.69, 9.17) is 5.11 Å². The van der Waals surface area contributed by atoms with Gasteiger partial charge in [0.1, 0.15) is 16.3 Å². The molecule has 0 aliphatic heterocycles. The van der Waals surface area contributed by atoms with Gasteiger partial charge < -0.3 is 5.11 Å². The molecule has 0 atom stereocenters. The minimum absolute atomic E-state index is 0.259. The van der Waals surface area contributed by atoms with Crippen molar-refractivity contribution in [3.63, 3.8) is 0 Å². The molecule has 0 spiro atoms. The lowest BCUT2D eigenvalue weighted by Crippen LogP contribution is -2.37. The Morgan fingerprint density at radius 3 is 2.00 bits per heavy atom. The summed E-state index contributed by atoms with van der Waals surface area (Å²) in [6, 6.07) is 5.05. The summed E-state index contributed by atoms with van der Waals surface area (Å²) in [4.78, 5) is 10.00. The summed E-state index contributed by atoms with van der Waals surface area (Å²) in [5.41, 5.74) is 0. The van der Waals surface area contributed by atoms with Crippen molar-refractivity contribution in [2.45, 2.75) is 9.79 Å². The molecule has 0 fully saturated rings. The zero-order valence-corrected chi connectivity index (χ0v) is 14.3. The Balaban J connectivity index is 3.56. The number of carboxylic acid groups (broad SMARTS) is 1. The van der Waals surface area contributed by atoms with Gasteiger partial charge >= 0.3 is 5.97 Å². The molecule has 1 rings (SSSR count). The number of benzene rings is 1. The van der Waals surface area contributed by atoms with Crippen LogP contribution in [0, 0.1) is 0 Å². The summed E-state index contributed by atoms with van der Waals surface area (Å²) < 4.78 is 51.5. The Morgan fingerprint density at radius 1 is 1.13 bits per heavy atom. The highest BCUT2D eigenvalue weighted by Crippen LogP contribution is 2.25. The molecular formula is C13H18N2O6S2. The Bertz CT molecular complexity index is 800. The van der Waals surface area contributed by atoms with Crippen LogP contribution in [-0.4, -0.2) is 63.7 Å². The Hall–Kier alpha value is -1.75. The number of nitrogens with zero attached hydrogens (tertiary/aromatic N) is 2. The first-order valence-electron chi connectivity index (χ1n) is 6.39. The van der Waals surface area contributed by atoms with E-state index in [2.05, 4.69) is 6.58 Å². The van der Waals surface area contributed by atoms with Crippen molar-refractivity contribution in [1.29, 1.82) is 0 Å². The number of aliphatic carboxylic acids is 1. The first kappa shape index (κ1) is 19.3. The second kappa shape index (κ2) is 7.21. The molecule has 128 valence electrons. The number of rotatable bonds is 8. The maximum atomic E-state index is 12.7. The van der Waals surface area contributed by atoms with Gasteiger partial charge in [-0.3, -0.25) is 4.79 Å². The number of sulfonamides is 2. The predicted molar refractivity (Wildman–Crippen MR) is 83.9 cm³/mol. The SMILES string of the molecule is C=CCN(CC(=O)O)S(=O)(=O)c1ccccc1S(=O)(=O)N(C)C. The third-order valence-electron chi connectivity index (χ3n) is 2.87. The van der Waals surface area contributed by atoms with E-state index in [1.807, 2.05) is 0 Å². The molecule has 0 aliphatic carbocycles. The third kappa shape index (κ3) is 4.16. The molecule has 0 radical (unpaired) electrons. The van der Waals surface area contributed by atoms with Crippen LogP contribution in [0.5, 0.6) is 0 Å². The quantitative estimate of drug-likeness (QED) is 0.661. The van der Waals surface area contributed by atoms with Crippen molar-refractivity contribution in [3.05, 3.63) is 36.9 Å². The van der Waals surface area contributed by atoms with E-state index in [0.29, 0.717) is 4.31 Å². The van der Waals surface area contributed by atoms with Gasteiger partial charge in [0, 0.05) is 20.6 Å². The lowest BCUT2D eigenvalue weighted by atomic mass is 10.4. The minimum atomic E-state index is -4.33. The van der Waals surface area contributed by atoms with Gasteiger partial charge in [-0.2, -0.15) is 4.31 Å². The van der Waals surface area contributed by atoms with Gasteiger partial charge in [0.05, 0.1) is 0 Å². The van der Waals surface area contributed by atoms with Crippen LogP contribution in [0.15, 0.2) is 46.7 Å². The fourth-order valence-electron chi connectivity index (χ4n) is 1.75. The molecule has 0 aromatic heterocycles. The van der Waals surface area contributed by atoms with Crippen molar-refractivity contribution in [1.82, 2.24) is 8.61 Å². The van der Waals surface area contributed by atoms with Gasteiger partial charge in [0.15, 0.2) is 0 Å². The topological polar surface area (TPSA) is 112 Å². The first-order valence-corrected chi connectivity index (χ1v) is 9.27. The molecule has 1 N–H and O–H groups in total. The molecule has 23 heavy (non-hydrogen) atoms. The highest BCUT2D eigenvalue weighted by molar-refractivity contribution is 7.92. The van der Waals surface area contributed by atoms with E-state index in [-0.39, 0.29) is 6.54 Å². The van der Waals surface area contributed by atoms with Crippen LogP contribution in [0.4, 0.5) is 0 Å². The lowest BCUT2D eigenvalue weighted by Gasteiger charge is -2.21. The molecule has 0 amide bonds. The molecule has 0 unspecified atom stereocenters. The van der Waals surface area contributed by atoms with Crippen LogP contribution < -0.4 is 0 Å². The standard InChI is InChI=1S/C13H18N2O6S2/c1-4-9-15(10-13(16)17)23(20,21)12-8-6-5-7-11(12)22(18,19)14(2)3/h4-8H,1,9-10H2,2-3H3,(H,16,17). The number of hydrogen-bond acceptors (Lipinski definition) is 5. The van der Waals surface area contributed by atoms with Gasteiger partial charge in [-0.15, -0.1) is 6.58 Å². The van der Waals surface area contributed by atoms with E-state index in [1.54, 1.807) is 0 Å². The third-order valence-corrected chi connectivity index (χ3v) is 6.74. The number of hydrogen-bond donors (Lipinski definition) is 1. The van der Waals surface area contributed by atoms with Crippen LogP contribution >= 0.6 is 0 Å². The second-order valence-corrected chi connectivity index (χ2v) is 8.74. The largest absolute Gasteiger partial charge is 0.480 e. The fraction of sp³-hybridized carbons (Fsp3) is 0.308. The zero-order valence-electron chi connectivity index (χ0n) is 12.7. The molecular weight excluding hydrogens is 344 g/mol. The van der Waals surface area contributed by atoms with Crippen molar-refractivity contribution in [3.8, 4) is 0 Å². The molecule has 8 nitrogen and oxygen atoms in total. The average molecular weight is 362 g/mol. The summed E-state index contributed by atoms with van der Waals surface area (Å²) in [5.74, 6) is -1.36. The van der Waals surface area contributed by atoms with E-state index in [9.17, 15) is 21.6 Å². The molecule has 0 aliphatic rings. The average Bonchev–Trinajstić information content (AvgIpc) is 2.46. The summed E-state index contributed by atoms with van der Waals surface area (Å²) in [6.45, 7) is 2.33. The van der Waals surface area contributed by atoms with E-state index in [0.717, 1.165) is 16.4 Å². The maximum absolute atomic E-state index is 12.7. The van der Waals surface area contributed by atoms with E-state index >= 15 is 0 Å². The van der Waals surface area contributed by atoms with Gasteiger partial charge in [-0.25, -0.2) is 21.1 Å². The van der Waals surface area contributed by atoms with Gasteiger partial charge in [0.2, 0.25) is 20.0 Å². The van der Waals surface area contributed by atoms with Crippen LogP contribution in [-0.2, 0) is 24.8 Å². The molecule has 0 saturated carbocycles. The van der Waals surface area contributed by atoms with E-state index in [1.165, 1.54) is 32.3 Å². The van der Waals surface area contributed by atoms with Gasteiger partial charge in [-0.05, 0) is 12.1 Å². The Morgan fingerprint density at radius 2 is 1.61 bits per heavy atom. The zero-order chi connectivity index (χ0) is 17.8. The molecule has 1 aromatic carbocycles. The van der Waals surface area contributed by atoms with Crippen LogP contribution in [0.2, 0.25) is 0 Å². The molecule has 10 heteroatoms. The van der Waals surface area contributed by atoms with Gasteiger partial charge in [-0.1, -0.05) is 18.2 Å². The predicted octanol–water partition coefficient (Wildman–Crippen LogP) is 0.198. The maximum Gasteiger partial charge on any atom is 0.318 e. The highest BCUT2D eigenvalue weighted by Gasteiger charge is 2.32. The smallest absolute Gasteiger partial charge is 0.318 e. The summed E-state index contributed by atoms with van der Waals surface area (Å²) in [7, 11) is -5.79. The molecule has 0 bridgehead atoms. The van der Waals surface area contributed by atoms with Crippen LogP contribution in [0.1, 0.15) is 0 Å². The Labute approximate surface area is 135 Å². The molecule has 1 aromatic rings. The minimum Gasteiger partial charge on any atom is -0.480 e. The monoisotopic (exact) mass is 362 g/mol. The summed E-state index contributed by atoms with van der Waals surface area (Å²) >= 11 is 0. The van der Waals surface area contributed by atoms with Crippen molar-refractivity contribution < 1.29 is 26.7 Å². The van der Waals surface area contributed by atoms with Gasteiger partial charge in [0.25, 0.3) is 0 Å².